The highest BCUT2D eigenvalue weighted by Gasteiger charge is 2.57. The molecule has 2 aromatic heterocycles. The fraction of sp³-hybridized carbons (Fsp3) is 0.463. The number of carbonyl (C=O) groups is 2. The van der Waals surface area contributed by atoms with Crippen molar-refractivity contribution in [3.8, 4) is 22.6 Å². The minimum Gasteiger partial charge on any atom is -0.497 e. The van der Waals surface area contributed by atoms with E-state index in [0.717, 1.165) is 95.9 Å². The third-order valence-corrected chi connectivity index (χ3v) is 27.0. The number of fused-ring (bicyclic) bond motifs is 4. The lowest BCUT2D eigenvalue weighted by Gasteiger charge is -2.40. The van der Waals surface area contributed by atoms with Gasteiger partial charge in [0.2, 0.25) is 0 Å². The molecule has 1 aliphatic heterocycles. The Balaban J connectivity index is 1.03. The number of benzene rings is 6. The van der Waals surface area contributed by atoms with Crippen LogP contribution in [0.3, 0.4) is 0 Å². The van der Waals surface area contributed by atoms with Crippen LogP contribution in [0, 0.1) is 0 Å². The Labute approximate surface area is 621 Å². The highest BCUT2D eigenvalue weighted by atomic mass is 28.5. The number of carbonyl (C=O) groups excluding carboxylic acids is 2. The molecule has 1 saturated heterocycles. The lowest BCUT2D eigenvalue weighted by molar-refractivity contribution is -0.321. The largest absolute Gasteiger partial charge is 0.658 e. The summed E-state index contributed by atoms with van der Waals surface area (Å²) >= 11 is 0. The van der Waals surface area contributed by atoms with E-state index in [0.29, 0.717) is 28.5 Å². The van der Waals surface area contributed by atoms with Gasteiger partial charge in [-0.2, -0.15) is 0 Å². The van der Waals surface area contributed by atoms with Crippen molar-refractivity contribution < 1.29 is 74.0 Å². The molecule has 562 valence electrons. The van der Waals surface area contributed by atoms with E-state index in [4.69, 9.17) is 79.4 Å². The molecule has 3 heterocycles. The van der Waals surface area contributed by atoms with E-state index >= 15 is 4.79 Å². The molecular weight excluding hydrogens is 1390 g/mol. The number of esters is 1. The number of anilines is 1. The number of alkyl carbamates (subject to hydrolysis) is 1. The summed E-state index contributed by atoms with van der Waals surface area (Å²) in [4.78, 5) is 45.7. The molecule has 1 saturated carbocycles. The molecule has 8 aromatic rings. The Hall–Kier alpha value is -7.74. The van der Waals surface area contributed by atoms with E-state index in [1.807, 2.05) is 121 Å². The number of imidazole rings is 1. The van der Waals surface area contributed by atoms with Crippen LogP contribution >= 0.6 is 0 Å². The van der Waals surface area contributed by atoms with Gasteiger partial charge in [0, 0.05) is 26.6 Å². The van der Waals surface area contributed by atoms with Crippen LogP contribution < -0.4 is 20.1 Å². The van der Waals surface area contributed by atoms with Gasteiger partial charge in [0.15, 0.2) is 45.9 Å². The van der Waals surface area contributed by atoms with Crippen molar-refractivity contribution in [2.24, 2.45) is 0 Å². The van der Waals surface area contributed by atoms with Crippen molar-refractivity contribution in [1.82, 2.24) is 24.8 Å². The first-order valence-electron chi connectivity index (χ1n) is 36.8. The number of amides is 1. The van der Waals surface area contributed by atoms with Crippen LogP contribution in [0.2, 0.25) is 39.3 Å². The normalized spacial score (nSPS) is 18.2. The number of rotatable bonds is 34. The second-order valence-electron chi connectivity index (χ2n) is 28.8. The number of hydrogen-bond donors (Lipinski definition) is 2. The smallest absolute Gasteiger partial charge is 0.497 e. The average molecular weight is 1490 g/mol. The molecule has 2 aliphatic carbocycles. The third-order valence-electron chi connectivity index (χ3n) is 18.9. The molecule has 3 aliphatic rings. The van der Waals surface area contributed by atoms with Crippen LogP contribution in [0.1, 0.15) is 116 Å². The molecule has 0 unspecified atom stereocenters. The van der Waals surface area contributed by atoms with Gasteiger partial charge in [0.25, 0.3) is 6.48 Å². The molecule has 2 N–H and O–H groups in total. The number of methoxy groups -OCH3 is 4. The maximum absolute atomic E-state index is 16.0. The lowest BCUT2D eigenvalue weighted by atomic mass is 9.77. The van der Waals surface area contributed by atoms with Crippen LogP contribution in [0.4, 0.5) is 10.6 Å². The molecular formula is C80H104N6O16Si3. The molecule has 2 fully saturated rings. The summed E-state index contributed by atoms with van der Waals surface area (Å²) in [6.07, 6.45) is 8.46. The topological polar surface area (TPSA) is 231 Å². The molecule has 105 heavy (non-hydrogen) atoms. The van der Waals surface area contributed by atoms with Crippen LogP contribution in [-0.2, 0) is 71.7 Å². The summed E-state index contributed by atoms with van der Waals surface area (Å²) in [5, 5.41) is 6.85. The molecule has 5 atom stereocenters. The van der Waals surface area contributed by atoms with Gasteiger partial charge < -0.3 is 75.1 Å². The molecule has 0 radical (unpaired) electrons. The van der Waals surface area contributed by atoms with E-state index in [-0.39, 0.29) is 58.1 Å². The molecule has 11 rings (SSSR count). The zero-order valence-corrected chi connectivity index (χ0v) is 65.3. The van der Waals surface area contributed by atoms with E-state index in [1.54, 1.807) is 39.3 Å². The monoisotopic (exact) mass is 1490 g/mol. The summed E-state index contributed by atoms with van der Waals surface area (Å²) in [6.45, 7) is 11.3. The highest BCUT2D eigenvalue weighted by Crippen LogP contribution is 2.46. The van der Waals surface area contributed by atoms with Gasteiger partial charge in [-0.05, 0) is 121 Å². The number of nitrogens with zero attached hydrogens (tertiary/aromatic N) is 4. The average Bonchev–Trinajstić information content (AvgIpc) is 1.27. The SMILES string of the molecule is COCCOC(OCCOC)O[C@@H]1[C@H]([18O]C(=O)[C@H](Cc2ccccc2)NC(=O)OCC2c3ccccc3-c3ccccc32)[C@@H](CO[Si](OC2CCCCCCCCCCC2)(O[Si](C)(C)C)O[Si](C)(C)C)O[C@H]1n1cnc2c(NC(c3ccccc3)(c3ccc(OC)cc3)c3ccc(OC)cc3)ncnc21. The van der Waals surface area contributed by atoms with Gasteiger partial charge in [-0.1, -0.05) is 191 Å². The third kappa shape index (κ3) is 20.5. The van der Waals surface area contributed by atoms with Gasteiger partial charge >= 0.3 is 21.1 Å². The van der Waals surface area contributed by atoms with Gasteiger partial charge in [0.1, 0.15) is 48.2 Å². The Kier molecular flexibility index (Phi) is 27.7. The number of nitrogens with one attached hydrogen (secondary N) is 2. The van der Waals surface area contributed by atoms with Crippen LogP contribution in [0.5, 0.6) is 11.5 Å². The quantitative estimate of drug-likeness (QED) is 0.00953. The van der Waals surface area contributed by atoms with Crippen molar-refractivity contribution >= 4 is 54.7 Å². The van der Waals surface area contributed by atoms with Gasteiger partial charge in [0.05, 0.1) is 59.7 Å². The van der Waals surface area contributed by atoms with Crippen LogP contribution in [-0.4, -0.2) is 162 Å². The number of ether oxygens (including phenoxy) is 10. The summed E-state index contributed by atoms with van der Waals surface area (Å²) in [5.74, 6) is 0.612. The van der Waals surface area contributed by atoms with Crippen molar-refractivity contribution in [2.75, 3.05) is 73.4 Å². The first-order valence-corrected chi connectivity index (χ1v) is 45.3. The van der Waals surface area contributed by atoms with Crippen molar-refractivity contribution in [1.29, 1.82) is 0 Å². The predicted octanol–water partition coefficient (Wildman–Crippen LogP) is 15.0. The molecule has 1 amide bonds. The number of hydrogen-bond acceptors (Lipinski definition) is 20. The molecule has 22 nitrogen and oxygen atoms in total. The summed E-state index contributed by atoms with van der Waals surface area (Å²) in [6, 6.07) is 50.1. The van der Waals surface area contributed by atoms with E-state index in [1.165, 1.54) is 25.6 Å². The Bertz CT molecular complexity index is 3890. The maximum Gasteiger partial charge on any atom is 0.658 e. The first kappa shape index (κ1) is 78.3. The predicted molar refractivity (Wildman–Crippen MR) is 408 cm³/mol. The van der Waals surface area contributed by atoms with E-state index in [2.05, 4.69) is 86.3 Å². The lowest BCUT2D eigenvalue weighted by Crippen LogP contribution is -2.61. The van der Waals surface area contributed by atoms with Gasteiger partial charge in [-0.3, -0.25) is 4.57 Å². The van der Waals surface area contributed by atoms with Crippen molar-refractivity contribution in [3.05, 3.63) is 204 Å². The Morgan fingerprint density at radius 1 is 0.610 bits per heavy atom. The van der Waals surface area contributed by atoms with Crippen LogP contribution in [0.25, 0.3) is 22.3 Å². The van der Waals surface area contributed by atoms with Crippen LogP contribution in [0.15, 0.2) is 170 Å². The van der Waals surface area contributed by atoms with E-state index < -0.39 is 80.3 Å². The van der Waals surface area contributed by atoms with Crippen molar-refractivity contribution in [3.63, 3.8) is 0 Å². The summed E-state index contributed by atoms with van der Waals surface area (Å²) < 4.78 is 94.1. The fourth-order valence-corrected chi connectivity index (χ4v) is 22.5. The number of aromatic nitrogens is 4. The Morgan fingerprint density at radius 2 is 1.13 bits per heavy atom. The zero-order chi connectivity index (χ0) is 73.8. The first-order chi connectivity index (χ1) is 50.9. The minimum atomic E-state index is -4.25. The minimum absolute atomic E-state index is 0.00260. The molecule has 0 spiro atoms. The second-order valence-corrected chi connectivity index (χ2v) is 40.4. The fourth-order valence-electron chi connectivity index (χ4n) is 14.0. The molecule has 0 bridgehead atoms. The Morgan fingerprint density at radius 3 is 1.68 bits per heavy atom. The summed E-state index contributed by atoms with van der Waals surface area (Å²) in [7, 11) is -3.07. The maximum atomic E-state index is 16.0. The molecule has 25 heteroatoms. The molecule has 6 aromatic carbocycles. The summed E-state index contributed by atoms with van der Waals surface area (Å²) in [5.41, 5.74) is 7.05. The van der Waals surface area contributed by atoms with Crippen molar-refractivity contribution in [2.45, 2.75) is 171 Å². The second kappa shape index (κ2) is 37.2. The van der Waals surface area contributed by atoms with Gasteiger partial charge in [-0.25, -0.2) is 24.5 Å². The standard InChI is InChI=1S/C80H104N6O16Si3/c1-89-48-50-93-79(94-51-49-90-2)99-73-72(98-77(87)69(52-57-30-20-18-21-31-57)84-78(88)95-53-68-66-38-28-26-36-64(66)65-37-27-29-39-67(65)68)70(54-96-105(101-103(5,6)7,102-104(8,9)10)100-63-34-24-16-14-12-11-13-15-17-25-35-63)97-76(73)86-56-83-71-74(81-55-82-75(71)86)85-80(58-32-22-19-23-33-58,59-40-44-61(91-3)45-41-59)60-42-46-62(92-4)47-43-60/h18-23,26-33,36-47,55-56,63,68-70,72-73,76,79H,11-17,24-25,34-35,48-54H2,1-10H3,(H,84,88)(H,81,82,85)/t69-,70+,72+,73+,76+/m0/s1/i98+2. The van der Waals surface area contributed by atoms with Gasteiger partial charge in [-0.15, -0.1) is 0 Å². The zero-order valence-electron chi connectivity index (χ0n) is 62.3. The highest BCUT2D eigenvalue weighted by molar-refractivity contribution is 6.83. The van der Waals surface area contributed by atoms with E-state index in [9.17, 15) is 4.79 Å².